The number of hydrogen-bond acceptors (Lipinski definition) is 4. The number of benzene rings is 1. The van der Waals surface area contributed by atoms with E-state index < -0.39 is 0 Å². The molecule has 1 saturated carbocycles. The molecular formula is C18H18N2OS. The van der Waals surface area contributed by atoms with Crippen molar-refractivity contribution in [3.05, 3.63) is 52.2 Å². The Morgan fingerprint density at radius 3 is 2.82 bits per heavy atom. The molecule has 0 N–H and O–H groups in total. The lowest BCUT2D eigenvalue weighted by Gasteiger charge is -2.45. The lowest BCUT2D eigenvalue weighted by Crippen LogP contribution is -2.51. The summed E-state index contributed by atoms with van der Waals surface area (Å²) in [6.45, 7) is 0. The number of hydrazone groups is 1. The maximum Gasteiger partial charge on any atom is 0.198 e. The lowest BCUT2D eigenvalue weighted by molar-refractivity contribution is -0.114. The van der Waals surface area contributed by atoms with Crippen LogP contribution >= 0.6 is 11.3 Å². The molecule has 0 saturated heterocycles. The predicted octanol–water partition coefficient (Wildman–Crippen LogP) is 4.56. The molecule has 1 aromatic heterocycles. The van der Waals surface area contributed by atoms with Crippen molar-refractivity contribution in [3.63, 3.8) is 0 Å². The monoisotopic (exact) mass is 310 g/mol. The highest BCUT2D eigenvalue weighted by molar-refractivity contribution is 7.12. The van der Waals surface area contributed by atoms with Crippen LogP contribution in [0.15, 0.2) is 46.9 Å². The van der Waals surface area contributed by atoms with Crippen molar-refractivity contribution < 1.29 is 4.74 Å². The van der Waals surface area contributed by atoms with E-state index in [1.54, 1.807) is 11.3 Å². The molecule has 1 atom stereocenters. The van der Waals surface area contributed by atoms with Gasteiger partial charge in [0.15, 0.2) is 5.72 Å². The summed E-state index contributed by atoms with van der Waals surface area (Å²) in [6.07, 6.45) is 5.62. The number of thiophene rings is 1. The van der Waals surface area contributed by atoms with Crippen molar-refractivity contribution in [1.82, 2.24) is 5.01 Å². The van der Waals surface area contributed by atoms with Gasteiger partial charge in [-0.2, -0.15) is 5.10 Å². The Hall–Kier alpha value is -1.81. The molecule has 0 amide bonds. The largest absolute Gasteiger partial charge is 0.466 e. The minimum absolute atomic E-state index is 0.210. The molecule has 0 bridgehead atoms. The zero-order valence-corrected chi connectivity index (χ0v) is 13.2. The molecule has 3 aliphatic rings. The molecule has 2 aromatic rings. The van der Waals surface area contributed by atoms with Gasteiger partial charge in [0.1, 0.15) is 5.75 Å². The number of nitrogens with zero attached hydrogens (tertiary/aromatic N) is 2. The van der Waals surface area contributed by atoms with E-state index in [9.17, 15) is 0 Å². The normalized spacial score (nSPS) is 24.8. The minimum Gasteiger partial charge on any atom is -0.466 e. The highest BCUT2D eigenvalue weighted by atomic mass is 32.1. The van der Waals surface area contributed by atoms with Crippen LogP contribution in [0.2, 0.25) is 0 Å². The van der Waals surface area contributed by atoms with Crippen LogP contribution in [-0.2, 0) is 0 Å². The third kappa shape index (κ3) is 1.70. The molecule has 0 unspecified atom stereocenters. The lowest BCUT2D eigenvalue weighted by atomic mass is 9.95. The van der Waals surface area contributed by atoms with Crippen molar-refractivity contribution in [3.8, 4) is 5.75 Å². The van der Waals surface area contributed by atoms with Gasteiger partial charge < -0.3 is 4.74 Å². The van der Waals surface area contributed by atoms with Crippen LogP contribution in [0.4, 0.5) is 0 Å². The minimum atomic E-state index is -0.210. The number of para-hydroxylation sites is 1. The molecule has 5 rings (SSSR count). The van der Waals surface area contributed by atoms with Gasteiger partial charge in [0.2, 0.25) is 0 Å². The quantitative estimate of drug-likeness (QED) is 0.771. The number of rotatable bonds is 1. The Balaban J connectivity index is 1.63. The van der Waals surface area contributed by atoms with Gasteiger partial charge in [-0.05, 0) is 30.4 Å². The molecule has 1 aliphatic carbocycles. The van der Waals surface area contributed by atoms with Crippen LogP contribution < -0.4 is 4.74 Å². The molecule has 3 heterocycles. The van der Waals surface area contributed by atoms with Crippen LogP contribution in [0.3, 0.4) is 0 Å². The summed E-state index contributed by atoms with van der Waals surface area (Å²) < 4.78 is 6.48. The van der Waals surface area contributed by atoms with E-state index in [0.29, 0.717) is 6.04 Å². The zero-order chi connectivity index (χ0) is 14.6. The Kier molecular flexibility index (Phi) is 2.65. The average Bonchev–Trinajstić information content (AvgIpc) is 3.28. The van der Waals surface area contributed by atoms with E-state index in [1.165, 1.54) is 29.0 Å². The van der Waals surface area contributed by atoms with Gasteiger partial charge in [-0.25, -0.2) is 5.01 Å². The van der Waals surface area contributed by atoms with Gasteiger partial charge in [-0.15, -0.1) is 11.3 Å². The molecular weight excluding hydrogens is 292 g/mol. The number of fused-ring (bicyclic) bond motifs is 4. The Morgan fingerprint density at radius 1 is 1.14 bits per heavy atom. The van der Waals surface area contributed by atoms with Crippen LogP contribution in [-0.4, -0.2) is 16.4 Å². The van der Waals surface area contributed by atoms with Crippen molar-refractivity contribution >= 4 is 17.0 Å². The van der Waals surface area contributed by atoms with E-state index in [1.807, 2.05) is 0 Å². The molecule has 1 aromatic carbocycles. The third-order valence-electron chi connectivity index (χ3n) is 5.10. The molecule has 22 heavy (non-hydrogen) atoms. The Labute approximate surface area is 134 Å². The van der Waals surface area contributed by atoms with Gasteiger partial charge in [-0.3, -0.25) is 0 Å². The van der Waals surface area contributed by atoms with Crippen molar-refractivity contribution in [2.75, 3.05) is 0 Å². The van der Waals surface area contributed by atoms with Crippen LogP contribution in [0.25, 0.3) is 0 Å². The van der Waals surface area contributed by atoms with Gasteiger partial charge in [0.05, 0.1) is 16.6 Å². The molecule has 4 heteroatoms. The molecule has 3 nitrogen and oxygen atoms in total. The van der Waals surface area contributed by atoms with Crippen molar-refractivity contribution in [1.29, 1.82) is 0 Å². The van der Waals surface area contributed by atoms with Crippen molar-refractivity contribution in [2.45, 2.75) is 43.9 Å². The summed E-state index contributed by atoms with van der Waals surface area (Å²) in [5, 5.41) is 9.44. The maximum absolute atomic E-state index is 6.48. The maximum atomic E-state index is 6.48. The molecule has 1 fully saturated rings. The fourth-order valence-corrected chi connectivity index (χ4v) is 4.80. The molecule has 112 valence electrons. The van der Waals surface area contributed by atoms with Gasteiger partial charge in [0, 0.05) is 24.8 Å². The first-order chi connectivity index (χ1) is 10.9. The standard InChI is InChI=1S/C18H18N2OS/c1-2-7-16-13(6-1)15-12-14(17-8-5-11-22-17)19-20(15)18(21-16)9-3-4-10-18/h1-2,5-8,11,15H,3-4,9-10,12H2/t15-/m0/s1. The second-order valence-corrected chi connectivity index (χ2v) is 7.33. The van der Waals surface area contributed by atoms with Crippen molar-refractivity contribution in [2.24, 2.45) is 5.10 Å². The van der Waals surface area contributed by atoms with Crippen LogP contribution in [0, 0.1) is 0 Å². The first-order valence-electron chi connectivity index (χ1n) is 8.04. The molecule has 1 spiro atoms. The van der Waals surface area contributed by atoms with E-state index in [-0.39, 0.29) is 5.72 Å². The first-order valence-corrected chi connectivity index (χ1v) is 8.92. The summed E-state index contributed by atoms with van der Waals surface area (Å²) in [5.41, 5.74) is 2.29. The summed E-state index contributed by atoms with van der Waals surface area (Å²) in [5.74, 6) is 1.06. The van der Waals surface area contributed by atoms with Gasteiger partial charge >= 0.3 is 0 Å². The first kappa shape index (κ1) is 12.7. The Bertz CT molecular complexity index is 731. The van der Waals surface area contributed by atoms with Crippen LogP contribution in [0.1, 0.15) is 48.6 Å². The number of hydrogen-bond donors (Lipinski definition) is 0. The van der Waals surface area contributed by atoms with E-state index in [0.717, 1.165) is 25.0 Å². The van der Waals surface area contributed by atoms with Gasteiger partial charge in [0.25, 0.3) is 0 Å². The predicted molar refractivity (Wildman–Crippen MR) is 88.3 cm³/mol. The average molecular weight is 310 g/mol. The fourth-order valence-electron chi connectivity index (χ4n) is 4.08. The third-order valence-corrected chi connectivity index (χ3v) is 6.02. The SMILES string of the molecule is c1csc(C2=NN3[C@@H](C2)c2ccccc2OC32CCCC2)c1. The van der Waals surface area contributed by atoms with Crippen LogP contribution in [0.5, 0.6) is 5.75 Å². The second-order valence-electron chi connectivity index (χ2n) is 6.38. The zero-order valence-electron chi connectivity index (χ0n) is 12.4. The van der Waals surface area contributed by atoms with E-state index in [4.69, 9.17) is 9.84 Å². The van der Waals surface area contributed by atoms with E-state index in [2.05, 4.69) is 46.8 Å². The highest BCUT2D eigenvalue weighted by Gasteiger charge is 2.51. The highest BCUT2D eigenvalue weighted by Crippen LogP contribution is 2.51. The summed E-state index contributed by atoms with van der Waals surface area (Å²) in [4.78, 5) is 1.29. The topological polar surface area (TPSA) is 24.8 Å². The second kappa shape index (κ2) is 4.59. The fraction of sp³-hybridized carbons (Fsp3) is 0.389. The summed E-state index contributed by atoms with van der Waals surface area (Å²) in [7, 11) is 0. The number of ether oxygens (including phenoxy) is 1. The Morgan fingerprint density at radius 2 is 2.00 bits per heavy atom. The molecule has 2 aliphatic heterocycles. The smallest absolute Gasteiger partial charge is 0.198 e. The van der Waals surface area contributed by atoms with Gasteiger partial charge in [-0.1, -0.05) is 24.3 Å². The summed E-state index contributed by atoms with van der Waals surface area (Å²) >= 11 is 1.78. The summed E-state index contributed by atoms with van der Waals surface area (Å²) in [6, 6.07) is 13.1. The molecule has 0 radical (unpaired) electrons. The van der Waals surface area contributed by atoms with E-state index >= 15 is 0 Å².